The van der Waals surface area contributed by atoms with Crippen LogP contribution in [0.25, 0.3) is 0 Å². The van der Waals surface area contributed by atoms with E-state index in [0.717, 1.165) is 18.6 Å². The average molecular weight is 2200 g/mol. The maximum absolute atomic E-state index is 13.6. The van der Waals surface area contributed by atoms with Gasteiger partial charge in [0.2, 0.25) is 37.2 Å². The maximum Gasteiger partial charge on any atom is 0.490 e. The number of benzene rings is 5. The van der Waals surface area contributed by atoms with E-state index in [4.69, 9.17) is 102 Å². The summed E-state index contributed by atoms with van der Waals surface area (Å²) in [6.07, 6.45) is -12.4. The molecule has 0 atom stereocenters. The third kappa shape index (κ3) is 50.1. The molecule has 5 aromatic heterocycles. The van der Waals surface area contributed by atoms with Crippen molar-refractivity contribution in [2.24, 2.45) is 11.5 Å². The number of nitrogen functional groups attached to an aromatic ring is 1. The molecule has 40 nitrogen and oxygen atoms in total. The Morgan fingerprint density at radius 1 is 0.455 bits per heavy atom. The van der Waals surface area contributed by atoms with Crippen LogP contribution in [0, 0.1) is 0 Å². The Hall–Kier alpha value is -13.6. The molecule has 0 radical (unpaired) electrons. The van der Waals surface area contributed by atoms with E-state index in [2.05, 4.69) is 103 Å². The van der Waals surface area contributed by atoms with Gasteiger partial charge in [-0.1, -0.05) is 30.6 Å². The fourth-order valence-electron chi connectivity index (χ4n) is 8.86. The van der Waals surface area contributed by atoms with E-state index in [-0.39, 0.29) is 104 Å². The minimum atomic E-state index is -5.08. The van der Waals surface area contributed by atoms with Crippen LogP contribution in [0.3, 0.4) is 0 Å². The summed E-state index contributed by atoms with van der Waals surface area (Å²) in [6, 6.07) is 31.4. The number of nitrogens with zero attached hydrogens (tertiary/aromatic N) is 12. The van der Waals surface area contributed by atoms with E-state index < -0.39 is 139 Å². The molecule has 0 saturated carbocycles. The molecule has 143 heavy (non-hydrogen) atoms. The number of alkyl halides is 14. The Labute approximate surface area is 851 Å². The Bertz CT molecular complexity index is 6250. The molecule has 0 spiro atoms. The number of sulfonamides is 2. The molecule has 0 unspecified atom stereocenters. The van der Waals surface area contributed by atoms with Crippen molar-refractivity contribution in [2.45, 2.75) is 98.0 Å². The Balaban J connectivity index is 0. The third-order valence-corrected chi connectivity index (χ3v) is 17.5. The van der Waals surface area contributed by atoms with Crippen LogP contribution in [0.5, 0.6) is 0 Å². The number of hydrogen-bond donors (Lipinski definition) is 14. The lowest BCUT2D eigenvalue weighted by Crippen LogP contribution is -2.27. The number of rotatable bonds is 19. The van der Waals surface area contributed by atoms with E-state index in [0.29, 0.717) is 75.5 Å². The number of hydrogen-bond acceptors (Lipinski definition) is 30. The van der Waals surface area contributed by atoms with Crippen molar-refractivity contribution >= 4 is 196 Å². The summed E-state index contributed by atoms with van der Waals surface area (Å²) in [5.41, 5.74) is 15.4. The van der Waals surface area contributed by atoms with Gasteiger partial charge in [-0.3, -0.25) is 48.4 Å². The fourth-order valence-corrected chi connectivity index (χ4v) is 10.4. The number of aromatic carboxylic acids is 1. The first-order valence-electron chi connectivity index (χ1n) is 41.4. The van der Waals surface area contributed by atoms with Crippen molar-refractivity contribution < 1.29 is 136 Å². The number of amides is 6. The van der Waals surface area contributed by atoms with Gasteiger partial charge in [0, 0.05) is 151 Å². The second-order valence-electron chi connectivity index (χ2n) is 27.9. The number of nitrogens with two attached hydrogens (primary N) is 3. The highest BCUT2D eigenvalue weighted by molar-refractivity contribution is 7.92. The maximum atomic E-state index is 13.6. The molecule has 0 aliphatic carbocycles. The molecule has 0 fully saturated rings. The highest BCUT2D eigenvalue weighted by atomic mass is 35.5. The van der Waals surface area contributed by atoms with E-state index in [1.54, 1.807) is 128 Å². The van der Waals surface area contributed by atoms with Crippen molar-refractivity contribution in [3.8, 4) is 0 Å². The molecule has 60 heteroatoms. The van der Waals surface area contributed by atoms with Crippen molar-refractivity contribution in [1.82, 2.24) is 71.1 Å². The number of ether oxygens (including phenoxy) is 2. The van der Waals surface area contributed by atoms with Crippen LogP contribution in [-0.2, 0) is 65.9 Å². The fraction of sp³-hybridized carbons (Fsp3) is 0.301. The van der Waals surface area contributed by atoms with Crippen molar-refractivity contribution in [1.29, 1.82) is 0 Å². The quantitative estimate of drug-likeness (QED) is 0.0118. The van der Waals surface area contributed by atoms with Crippen LogP contribution in [0.15, 0.2) is 165 Å². The second kappa shape index (κ2) is 61.3. The highest BCUT2D eigenvalue weighted by Gasteiger charge is 2.39. The number of carbonyl (C=O) groups is 8. The van der Waals surface area contributed by atoms with Gasteiger partial charge in [-0.2, -0.15) is 57.7 Å². The summed E-state index contributed by atoms with van der Waals surface area (Å²) in [4.78, 5) is 124. The smallest absolute Gasteiger partial charge is 0.478 e. The lowest BCUT2D eigenvalue weighted by molar-refractivity contribution is -0.192. The molecule has 10 aromatic rings. The lowest BCUT2D eigenvalue weighted by atomic mass is 10.2. The van der Waals surface area contributed by atoms with Gasteiger partial charge in [0.1, 0.15) is 49.7 Å². The van der Waals surface area contributed by atoms with Gasteiger partial charge in [-0.15, -0.1) is 35.6 Å². The van der Waals surface area contributed by atoms with Crippen molar-refractivity contribution in [3.05, 3.63) is 236 Å². The molecule has 0 saturated heterocycles. The molecule has 786 valence electrons. The highest BCUT2D eigenvalue weighted by Crippen LogP contribution is 2.37. The first-order valence-corrected chi connectivity index (χ1v) is 44.3. The van der Waals surface area contributed by atoms with Gasteiger partial charge in [-0.25, -0.2) is 70.9 Å². The average Bonchev–Trinajstić information content (AvgIpc) is 0.784. The monoisotopic (exact) mass is 2200 g/mol. The number of nitrogens with one attached hydrogen (secondary N) is 9. The van der Waals surface area contributed by atoms with Crippen LogP contribution >= 0.6 is 70.4 Å². The first-order chi connectivity index (χ1) is 67.7. The number of carboxylic acids is 2. The Morgan fingerprint density at radius 3 is 1.04 bits per heavy atom. The number of aromatic nitrogens is 10. The van der Waals surface area contributed by atoms with Gasteiger partial charge in [0.25, 0.3) is 23.6 Å². The van der Waals surface area contributed by atoms with Crippen molar-refractivity contribution in [3.63, 3.8) is 0 Å². The number of halogens is 18. The Morgan fingerprint density at radius 2 is 0.748 bits per heavy atom. The molecule has 17 N–H and O–H groups in total. The predicted octanol–water partition coefficient (Wildman–Crippen LogP) is 16.2. The predicted molar refractivity (Wildman–Crippen MR) is 520 cm³/mol. The number of anilines is 10. The molecule has 0 aliphatic rings. The molecule has 10 rings (SSSR count). The number of carbonyl (C=O) groups excluding carboxylic acids is 6. The number of aliphatic carboxylic acids is 1. The Kier molecular flexibility index (Phi) is 51.4. The zero-order valence-electron chi connectivity index (χ0n) is 82.1. The third-order valence-electron chi connectivity index (χ3n) is 15.0. The summed E-state index contributed by atoms with van der Waals surface area (Å²) >= 11 is 25.4. The molecule has 0 aliphatic heterocycles. The van der Waals surface area contributed by atoms with E-state index in [1.807, 2.05) is 0 Å². The van der Waals surface area contributed by atoms with Crippen molar-refractivity contribution in [2.75, 3.05) is 108 Å². The second-order valence-corrected chi connectivity index (χ2v) is 33.4. The number of carboxylic acid groups (broad SMARTS) is 2. The summed E-state index contributed by atoms with van der Waals surface area (Å²) in [6.45, 7) is 3.96. The minimum absolute atomic E-state index is 0. The lowest BCUT2D eigenvalue weighted by Gasteiger charge is -2.19. The van der Waals surface area contributed by atoms with E-state index >= 15 is 0 Å². The van der Waals surface area contributed by atoms with E-state index in [9.17, 15) is 103 Å². The van der Waals surface area contributed by atoms with Crippen LogP contribution < -0.4 is 73.7 Å². The zero-order chi connectivity index (χ0) is 113. The van der Waals surface area contributed by atoms with Gasteiger partial charge < -0.3 is 74.1 Å². The normalized spacial score (nSPS) is 11.5. The molecular formula is C83H100Cl6F12N24O16S2. The van der Waals surface area contributed by atoms with Gasteiger partial charge in [0.05, 0.1) is 35.7 Å². The summed E-state index contributed by atoms with van der Waals surface area (Å²) in [5.74, 6) is -6.44. The van der Waals surface area contributed by atoms with Gasteiger partial charge >= 0.3 is 48.8 Å². The standard InChI is InChI=1S/C20H21F3N8O3S.C13H10ClF3N4O.C13H18N2O3.C12H15NO4.C8H10N2O.C7H12N4O2S.C5HCl2F3N2.C2HF3O2.CH2Cl2.CH5N.CH4.ClH/c1-24-18(32)12-4-6-13(7-5-12)29-19-28-10-14(20(21,22)23)16(30-19)27-11-15-17(26-9-8-25-15)31(2)35(3,33)34;1-18-11(22)7-2-4-8(5-3-7)20-12-19-6-9(10(14)21-12)13(15,16)17;1-13(2,3)18-12(17)15-10-7-5-9(6-8-10)11(16)14-4;1-12(2,3)17-11(16)13-9-6-4-8(5-7-9)10(14)15;1-10-8(11)6-2-4-7(9)5-3-6;1-11(14(2,12)13)7-6(5-8)9-3-4-10-7;6-3-2(5(8,9)10)1-11-4(7)12-3;3-2(4,5)1(6)7;2-1-3;1-2;;/h4-10H,11H2,1-3H3,(H,24,32)(H2,27,28,29,30);2-6H,1H3,(H,18,22)(H,19,20,21);5-8H,1-4H3,(H,14,16)(H,15,17);4-7H,1-3H3,(H,13,16)(H,14,15);2-5H,9H2,1H3,(H,10,11);3-4H,5,8H2,1-2H3;1H;(H,6,7);1H2;2H2,1H3;1H4;1H/i2D3;;;;;1D3;;;;;;. The molecule has 5 heterocycles. The van der Waals surface area contributed by atoms with E-state index in [1.165, 1.54) is 82.1 Å². The van der Waals surface area contributed by atoms with Crippen LogP contribution in [0.4, 0.5) is 120 Å². The van der Waals surface area contributed by atoms with Crippen LogP contribution in [0.1, 0.15) is 137 Å². The molecule has 0 bridgehead atoms. The zero-order valence-corrected chi connectivity index (χ0v) is 82.3. The topological polar surface area (TPSA) is 585 Å². The molecule has 6 amide bonds. The summed E-state index contributed by atoms with van der Waals surface area (Å²) < 4.78 is 248. The largest absolute Gasteiger partial charge is 0.490 e. The van der Waals surface area contributed by atoms with Gasteiger partial charge in [-0.05, 0) is 182 Å². The molecule has 5 aromatic carbocycles. The van der Waals surface area contributed by atoms with Crippen LogP contribution in [-0.4, -0.2) is 209 Å². The molecular weight excluding hydrogens is 2090 g/mol. The SMILES string of the molecule is C.CC(C)(C)OC(=O)Nc1ccc(C(=O)O)cc1.CN.CNC(=O)c1ccc(N)cc1.CNC(=O)c1ccc(NC(=O)OC(C)(C)C)cc1.CNC(=O)c1ccc(Nc2ncc(C(F)(F)F)c(Cl)n2)cc1.Cl.ClCCl.FC(F)(F)c1cnc(Cl)nc1Cl.O=C(O)C(F)(F)F.[2H]C([2H])([2H])N(c1nccnc1CN)S(C)(=O)=O.[2H]C([2H])([2H])N(c1nccnc1CNc1nc(Nc2ccc(C(=O)NC)cc2)ncc1C(F)(F)F)S(C)(=O)=O. The summed E-state index contributed by atoms with van der Waals surface area (Å²) in [7, 11) is -0.729. The first kappa shape index (κ1) is 120. The van der Waals surface area contributed by atoms with Crippen LogP contribution in [0.2, 0.25) is 15.6 Å². The minimum Gasteiger partial charge on any atom is -0.478 e. The van der Waals surface area contributed by atoms with Gasteiger partial charge in [0.15, 0.2) is 11.6 Å². The summed E-state index contributed by atoms with van der Waals surface area (Å²) in [5, 5.41) is 37.2.